The number of aliphatic hydroxyl groups excluding tert-OH is 2. The fraction of sp³-hybridized carbons (Fsp3) is 0.389. The fourth-order valence-electron chi connectivity index (χ4n) is 3.47. The average molecular weight is 386 g/mol. The summed E-state index contributed by atoms with van der Waals surface area (Å²) in [7, 11) is 0. The second-order valence-electron chi connectivity index (χ2n) is 6.60. The van der Waals surface area contributed by atoms with E-state index in [4.69, 9.17) is 20.9 Å². The zero-order chi connectivity index (χ0) is 19.8. The number of imidazole rings is 1. The molecule has 28 heavy (non-hydrogen) atoms. The summed E-state index contributed by atoms with van der Waals surface area (Å²) >= 11 is 0. The first-order valence-corrected chi connectivity index (χ1v) is 8.93. The van der Waals surface area contributed by atoms with Gasteiger partial charge in [-0.1, -0.05) is 12.1 Å². The zero-order valence-corrected chi connectivity index (χ0v) is 15.2. The van der Waals surface area contributed by atoms with E-state index >= 15 is 0 Å². The number of hydrogen-bond donors (Lipinski definition) is 4. The Hall–Kier alpha value is -2.79. The number of nitrogens with zero attached hydrogens (tertiary/aromatic N) is 4. The quantitative estimate of drug-likeness (QED) is 0.456. The Balaban J connectivity index is 1.67. The molecule has 3 aromatic rings. The first kappa shape index (κ1) is 18.6. The van der Waals surface area contributed by atoms with E-state index in [1.54, 1.807) is 12.1 Å². The predicted octanol–water partition coefficient (Wildman–Crippen LogP) is 0.388. The number of nitrogens with two attached hydrogens (primary N) is 2. The van der Waals surface area contributed by atoms with E-state index in [9.17, 15) is 10.2 Å². The van der Waals surface area contributed by atoms with Crippen LogP contribution in [0.2, 0.25) is 0 Å². The minimum Gasteiger partial charge on any atom is -0.399 e. The van der Waals surface area contributed by atoms with Crippen molar-refractivity contribution in [3.8, 4) is 0 Å². The van der Waals surface area contributed by atoms with E-state index in [1.165, 1.54) is 17.2 Å². The molecule has 0 amide bonds. The number of fused-ring (bicyclic) bond motifs is 1. The smallest absolute Gasteiger partial charge is 0.167 e. The van der Waals surface area contributed by atoms with Crippen LogP contribution >= 0.6 is 0 Å². The van der Waals surface area contributed by atoms with Crippen LogP contribution in [0.3, 0.4) is 0 Å². The predicted molar refractivity (Wildman–Crippen MR) is 101 cm³/mol. The van der Waals surface area contributed by atoms with Crippen molar-refractivity contribution in [2.24, 2.45) is 0 Å². The highest BCUT2D eigenvalue weighted by atomic mass is 16.6. The van der Waals surface area contributed by atoms with Crippen molar-refractivity contribution in [1.82, 2.24) is 19.5 Å². The highest BCUT2D eigenvalue weighted by molar-refractivity contribution is 5.81. The molecule has 4 rings (SSSR count). The number of nitrogen functional groups attached to an aromatic ring is 2. The molecular weight excluding hydrogens is 364 g/mol. The lowest BCUT2D eigenvalue weighted by Gasteiger charge is -2.26. The van der Waals surface area contributed by atoms with Crippen molar-refractivity contribution < 1.29 is 19.7 Å². The second kappa shape index (κ2) is 7.32. The summed E-state index contributed by atoms with van der Waals surface area (Å²) in [5.74, 6) is 0.224. The molecule has 1 aromatic carbocycles. The number of rotatable bonds is 5. The van der Waals surface area contributed by atoms with E-state index in [2.05, 4.69) is 15.0 Å². The third-order valence-electron chi connectivity index (χ3n) is 4.85. The average Bonchev–Trinajstić information content (AvgIpc) is 3.24. The molecule has 1 unspecified atom stereocenters. The van der Waals surface area contributed by atoms with Gasteiger partial charge in [-0.2, -0.15) is 0 Å². The highest BCUT2D eigenvalue weighted by Crippen LogP contribution is 2.39. The number of aliphatic hydroxyl groups is 2. The van der Waals surface area contributed by atoms with Gasteiger partial charge >= 0.3 is 0 Å². The van der Waals surface area contributed by atoms with Crippen molar-refractivity contribution in [2.45, 2.75) is 37.6 Å². The van der Waals surface area contributed by atoms with Crippen LogP contribution in [0.25, 0.3) is 11.2 Å². The van der Waals surface area contributed by atoms with Crippen LogP contribution in [0, 0.1) is 0 Å². The van der Waals surface area contributed by atoms with Crippen LogP contribution in [0.15, 0.2) is 36.9 Å². The van der Waals surface area contributed by atoms with Gasteiger partial charge in [-0.05, 0) is 24.6 Å². The van der Waals surface area contributed by atoms with Gasteiger partial charge in [0, 0.05) is 12.3 Å². The fourth-order valence-corrected chi connectivity index (χ4v) is 3.47. The van der Waals surface area contributed by atoms with Crippen LogP contribution in [-0.4, -0.2) is 54.7 Å². The van der Waals surface area contributed by atoms with Gasteiger partial charge in [0.05, 0.1) is 6.33 Å². The van der Waals surface area contributed by atoms with Crippen molar-refractivity contribution in [3.05, 3.63) is 42.5 Å². The van der Waals surface area contributed by atoms with Crippen LogP contribution in [0.5, 0.6) is 0 Å². The molecule has 148 valence electrons. The molecule has 0 spiro atoms. The van der Waals surface area contributed by atoms with E-state index in [-0.39, 0.29) is 5.82 Å². The van der Waals surface area contributed by atoms with Crippen LogP contribution in [-0.2, 0) is 9.47 Å². The lowest BCUT2D eigenvalue weighted by molar-refractivity contribution is -0.107. The van der Waals surface area contributed by atoms with Gasteiger partial charge in [0.2, 0.25) is 0 Å². The standard InChI is InChI=1S/C18H22N6O4/c1-2-27-14(9-3-5-10(19)6-4-9)15-12(25)13(26)18(28-15)24-8-23-11-16(20)21-7-22-17(11)24/h3-8,12-15,18,25-26H,2,19H2,1H3,(H2,20,21,22)/t12-,13+,14?,15-,18+/m0/s1. The maximum atomic E-state index is 10.7. The SMILES string of the molecule is CCOC(c1ccc(N)cc1)[C@H]1O[C@@H](n2cnc3c(N)ncnc32)[C@H](O)[C@@H]1O. The Kier molecular flexibility index (Phi) is 4.85. The van der Waals surface area contributed by atoms with Crippen molar-refractivity contribution >= 4 is 22.7 Å². The minimum absolute atomic E-state index is 0.224. The van der Waals surface area contributed by atoms with E-state index in [1.807, 2.05) is 19.1 Å². The first-order valence-electron chi connectivity index (χ1n) is 8.93. The molecule has 2 aromatic heterocycles. The molecule has 1 aliphatic rings. The van der Waals surface area contributed by atoms with Gasteiger partial charge in [0.15, 0.2) is 17.7 Å². The molecule has 0 aliphatic carbocycles. The largest absolute Gasteiger partial charge is 0.399 e. The summed E-state index contributed by atoms with van der Waals surface area (Å²) in [6, 6.07) is 7.12. The normalized spacial score (nSPS) is 26.0. The molecule has 0 saturated carbocycles. The third kappa shape index (κ3) is 3.06. The third-order valence-corrected chi connectivity index (χ3v) is 4.85. The zero-order valence-electron chi connectivity index (χ0n) is 15.2. The maximum Gasteiger partial charge on any atom is 0.167 e. The number of aromatic nitrogens is 4. The maximum absolute atomic E-state index is 10.7. The highest BCUT2D eigenvalue weighted by Gasteiger charge is 2.48. The monoisotopic (exact) mass is 386 g/mol. The molecule has 1 saturated heterocycles. The Morgan fingerprint density at radius 1 is 1.14 bits per heavy atom. The Morgan fingerprint density at radius 3 is 2.61 bits per heavy atom. The van der Waals surface area contributed by atoms with Gasteiger partial charge < -0.3 is 31.2 Å². The van der Waals surface area contributed by atoms with E-state index in [0.29, 0.717) is 23.5 Å². The number of ether oxygens (including phenoxy) is 2. The second-order valence-corrected chi connectivity index (χ2v) is 6.60. The lowest BCUT2D eigenvalue weighted by atomic mass is 9.98. The molecular formula is C18H22N6O4. The van der Waals surface area contributed by atoms with Gasteiger partial charge in [0.1, 0.15) is 36.3 Å². The van der Waals surface area contributed by atoms with Crippen LogP contribution in [0.4, 0.5) is 11.5 Å². The lowest BCUT2D eigenvalue weighted by Crippen LogP contribution is -2.35. The number of hydrogen-bond acceptors (Lipinski definition) is 9. The summed E-state index contributed by atoms with van der Waals surface area (Å²) in [5.41, 5.74) is 13.8. The topological polar surface area (TPSA) is 155 Å². The summed E-state index contributed by atoms with van der Waals surface area (Å²) in [6.07, 6.45) is -1.93. The number of anilines is 2. The summed E-state index contributed by atoms with van der Waals surface area (Å²) in [6.45, 7) is 2.25. The Bertz CT molecular complexity index is 962. The molecule has 0 radical (unpaired) electrons. The first-order chi connectivity index (χ1) is 13.5. The van der Waals surface area contributed by atoms with Crippen molar-refractivity contribution in [2.75, 3.05) is 18.1 Å². The van der Waals surface area contributed by atoms with Gasteiger partial charge in [0.25, 0.3) is 0 Å². The molecule has 3 heterocycles. The van der Waals surface area contributed by atoms with E-state index < -0.39 is 30.6 Å². The molecule has 1 aliphatic heterocycles. The summed E-state index contributed by atoms with van der Waals surface area (Å²) in [4.78, 5) is 12.3. The minimum atomic E-state index is -1.21. The van der Waals surface area contributed by atoms with E-state index in [0.717, 1.165) is 5.56 Å². The Labute approximate surface area is 160 Å². The van der Waals surface area contributed by atoms with Gasteiger partial charge in [-0.3, -0.25) is 4.57 Å². The Morgan fingerprint density at radius 2 is 1.89 bits per heavy atom. The molecule has 6 N–H and O–H groups in total. The molecule has 10 heteroatoms. The summed E-state index contributed by atoms with van der Waals surface area (Å²) in [5, 5.41) is 21.4. The van der Waals surface area contributed by atoms with Gasteiger partial charge in [-0.25, -0.2) is 15.0 Å². The molecule has 5 atom stereocenters. The molecule has 10 nitrogen and oxygen atoms in total. The number of benzene rings is 1. The van der Waals surface area contributed by atoms with Gasteiger partial charge in [-0.15, -0.1) is 0 Å². The van der Waals surface area contributed by atoms with Crippen molar-refractivity contribution in [3.63, 3.8) is 0 Å². The van der Waals surface area contributed by atoms with Crippen LogP contribution in [0.1, 0.15) is 24.8 Å². The molecule has 1 fully saturated rings. The van der Waals surface area contributed by atoms with Crippen LogP contribution < -0.4 is 11.5 Å². The summed E-state index contributed by atoms with van der Waals surface area (Å²) < 4.78 is 13.4. The molecule has 0 bridgehead atoms. The van der Waals surface area contributed by atoms with Crippen molar-refractivity contribution in [1.29, 1.82) is 0 Å².